The molecule has 11 heteroatoms. The van der Waals surface area contributed by atoms with Crippen LogP contribution in [0.5, 0.6) is 0 Å². The molecule has 7 nitrogen and oxygen atoms in total. The first-order valence-electron chi connectivity index (χ1n) is 7.49. The van der Waals surface area contributed by atoms with Gasteiger partial charge in [0.2, 0.25) is 5.95 Å². The normalized spacial score (nSPS) is 13.4. The van der Waals surface area contributed by atoms with E-state index in [0.717, 1.165) is 6.92 Å². The van der Waals surface area contributed by atoms with Crippen molar-refractivity contribution in [2.75, 3.05) is 5.32 Å². The summed E-state index contributed by atoms with van der Waals surface area (Å²) in [6.07, 6.45) is 1.37. The standard InChI is InChI=1S/C15H11F4N7/c1-7(15(17,18)19)24-14-21-4-10-9(3-20-12(10)25-14)8-2-11(16)13-22-6-23-26(13)5-8/h2-7H,1H3,(H2,20,21,24,25). The number of rotatable bonds is 3. The second-order valence-corrected chi connectivity index (χ2v) is 5.67. The molecule has 1 atom stereocenters. The maximum atomic E-state index is 14.1. The highest BCUT2D eigenvalue weighted by molar-refractivity contribution is 5.93. The summed E-state index contributed by atoms with van der Waals surface area (Å²) in [6.45, 7) is 0.976. The van der Waals surface area contributed by atoms with Crippen molar-refractivity contribution in [3.63, 3.8) is 0 Å². The summed E-state index contributed by atoms with van der Waals surface area (Å²) >= 11 is 0. The van der Waals surface area contributed by atoms with Crippen LogP contribution in [0.15, 0.2) is 31.0 Å². The molecule has 2 N–H and O–H groups in total. The van der Waals surface area contributed by atoms with Gasteiger partial charge in [-0.15, -0.1) is 0 Å². The van der Waals surface area contributed by atoms with E-state index in [2.05, 4.69) is 30.4 Å². The lowest BCUT2D eigenvalue weighted by atomic mass is 10.1. The van der Waals surface area contributed by atoms with Gasteiger partial charge < -0.3 is 10.3 Å². The van der Waals surface area contributed by atoms with E-state index in [9.17, 15) is 17.6 Å². The lowest BCUT2D eigenvalue weighted by molar-refractivity contribution is -0.138. The predicted octanol–water partition coefficient (Wildman–Crippen LogP) is 3.17. The Bertz CT molecular complexity index is 1100. The molecule has 4 heterocycles. The number of H-pyrrole nitrogens is 1. The first kappa shape index (κ1) is 16.2. The molecule has 4 rings (SSSR count). The molecule has 0 fully saturated rings. The zero-order valence-electron chi connectivity index (χ0n) is 13.2. The van der Waals surface area contributed by atoms with Gasteiger partial charge in [-0.2, -0.15) is 23.3 Å². The summed E-state index contributed by atoms with van der Waals surface area (Å²) in [5.74, 6) is -0.707. The van der Waals surface area contributed by atoms with E-state index in [4.69, 9.17) is 0 Å². The van der Waals surface area contributed by atoms with Gasteiger partial charge in [-0.1, -0.05) is 0 Å². The molecule has 0 amide bonds. The Morgan fingerprint density at radius 3 is 2.85 bits per heavy atom. The summed E-state index contributed by atoms with van der Waals surface area (Å²) in [5.41, 5.74) is 1.51. The smallest absolute Gasteiger partial charge is 0.345 e. The van der Waals surface area contributed by atoms with E-state index in [0.29, 0.717) is 22.2 Å². The van der Waals surface area contributed by atoms with Crippen LogP contribution >= 0.6 is 0 Å². The predicted molar refractivity (Wildman–Crippen MR) is 85.0 cm³/mol. The van der Waals surface area contributed by atoms with Crippen LogP contribution in [0, 0.1) is 5.82 Å². The number of alkyl halides is 3. The summed E-state index contributed by atoms with van der Waals surface area (Å²) in [7, 11) is 0. The number of aromatic nitrogens is 6. The molecule has 0 saturated heterocycles. The van der Waals surface area contributed by atoms with Crippen molar-refractivity contribution in [2.45, 2.75) is 19.1 Å². The molecule has 0 spiro atoms. The second kappa shape index (κ2) is 5.64. The van der Waals surface area contributed by atoms with Crippen molar-refractivity contribution >= 4 is 22.6 Å². The Labute approximate surface area is 143 Å². The molecule has 0 saturated carbocycles. The zero-order valence-corrected chi connectivity index (χ0v) is 13.2. The zero-order chi connectivity index (χ0) is 18.5. The molecule has 0 aliphatic carbocycles. The molecule has 4 aromatic rings. The fourth-order valence-electron chi connectivity index (χ4n) is 2.52. The van der Waals surface area contributed by atoms with E-state index in [1.165, 1.54) is 23.1 Å². The Morgan fingerprint density at radius 2 is 2.08 bits per heavy atom. The van der Waals surface area contributed by atoms with Crippen LogP contribution in [0.1, 0.15) is 6.92 Å². The quantitative estimate of drug-likeness (QED) is 0.545. The molecule has 0 aliphatic rings. The molecule has 26 heavy (non-hydrogen) atoms. The van der Waals surface area contributed by atoms with E-state index >= 15 is 0 Å². The topological polar surface area (TPSA) is 83.8 Å². The first-order valence-corrected chi connectivity index (χ1v) is 7.49. The molecule has 0 bridgehead atoms. The monoisotopic (exact) mass is 365 g/mol. The summed E-state index contributed by atoms with van der Waals surface area (Å²) < 4.78 is 53.3. The number of anilines is 1. The maximum absolute atomic E-state index is 14.1. The second-order valence-electron chi connectivity index (χ2n) is 5.67. The van der Waals surface area contributed by atoms with Crippen molar-refractivity contribution in [1.82, 2.24) is 29.5 Å². The van der Waals surface area contributed by atoms with E-state index < -0.39 is 18.0 Å². The maximum Gasteiger partial charge on any atom is 0.408 e. The Kier molecular flexibility index (Phi) is 3.53. The van der Waals surface area contributed by atoms with Gasteiger partial charge in [0.05, 0.1) is 0 Å². The van der Waals surface area contributed by atoms with Crippen molar-refractivity contribution in [3.05, 3.63) is 36.8 Å². The fourth-order valence-corrected chi connectivity index (χ4v) is 2.52. The third kappa shape index (κ3) is 2.70. The van der Waals surface area contributed by atoms with Crippen molar-refractivity contribution in [2.24, 2.45) is 0 Å². The van der Waals surface area contributed by atoms with Gasteiger partial charge in [-0.3, -0.25) is 0 Å². The number of hydrogen-bond donors (Lipinski definition) is 2. The van der Waals surface area contributed by atoms with Crippen molar-refractivity contribution < 1.29 is 17.6 Å². The lowest BCUT2D eigenvalue weighted by Crippen LogP contribution is -2.33. The van der Waals surface area contributed by atoms with Crippen LogP contribution in [-0.4, -0.2) is 41.8 Å². The van der Waals surface area contributed by atoms with Crippen LogP contribution in [0.25, 0.3) is 27.8 Å². The number of nitrogens with zero attached hydrogens (tertiary/aromatic N) is 5. The largest absolute Gasteiger partial charge is 0.408 e. The van der Waals surface area contributed by atoms with Gasteiger partial charge in [0.25, 0.3) is 0 Å². The number of hydrogen-bond acceptors (Lipinski definition) is 5. The molecule has 0 radical (unpaired) electrons. The Balaban J connectivity index is 1.73. The molecule has 4 aromatic heterocycles. The molecule has 0 aliphatic heterocycles. The minimum atomic E-state index is -4.41. The summed E-state index contributed by atoms with van der Waals surface area (Å²) in [4.78, 5) is 14.6. The highest BCUT2D eigenvalue weighted by Crippen LogP contribution is 2.29. The highest BCUT2D eigenvalue weighted by Gasteiger charge is 2.36. The van der Waals surface area contributed by atoms with Crippen molar-refractivity contribution in [3.8, 4) is 11.1 Å². The number of halogens is 4. The van der Waals surface area contributed by atoms with Crippen molar-refractivity contribution in [1.29, 1.82) is 0 Å². The third-order valence-corrected chi connectivity index (χ3v) is 3.91. The lowest BCUT2D eigenvalue weighted by Gasteiger charge is -2.16. The molecule has 1 unspecified atom stereocenters. The Morgan fingerprint density at radius 1 is 1.27 bits per heavy atom. The van der Waals surface area contributed by atoms with E-state index in [-0.39, 0.29) is 11.6 Å². The third-order valence-electron chi connectivity index (χ3n) is 3.91. The first-order chi connectivity index (χ1) is 12.3. The van der Waals surface area contributed by atoms with Crippen LogP contribution < -0.4 is 5.32 Å². The van der Waals surface area contributed by atoms with Gasteiger partial charge in [-0.05, 0) is 13.0 Å². The molecular formula is C15H11F4N7. The summed E-state index contributed by atoms with van der Waals surface area (Å²) in [6, 6.07) is -0.497. The van der Waals surface area contributed by atoms with Gasteiger partial charge in [0.15, 0.2) is 11.5 Å². The number of nitrogens with one attached hydrogen (secondary N) is 2. The Hall–Kier alpha value is -3.24. The molecular weight excluding hydrogens is 354 g/mol. The fraction of sp³-hybridized carbons (Fsp3) is 0.200. The highest BCUT2D eigenvalue weighted by atomic mass is 19.4. The van der Waals surface area contributed by atoms with Crippen LogP contribution in [0.2, 0.25) is 0 Å². The minimum absolute atomic E-state index is 0.0949. The van der Waals surface area contributed by atoms with Crippen LogP contribution in [0.3, 0.4) is 0 Å². The summed E-state index contributed by atoms with van der Waals surface area (Å²) in [5, 5.41) is 6.65. The van der Waals surface area contributed by atoms with Gasteiger partial charge in [0, 0.05) is 35.1 Å². The van der Waals surface area contributed by atoms with Gasteiger partial charge in [0.1, 0.15) is 18.0 Å². The number of aromatic amines is 1. The van der Waals surface area contributed by atoms with Crippen LogP contribution in [0.4, 0.5) is 23.5 Å². The molecule has 134 valence electrons. The average Bonchev–Trinajstić information content (AvgIpc) is 3.20. The van der Waals surface area contributed by atoms with Gasteiger partial charge >= 0.3 is 6.18 Å². The number of pyridine rings is 1. The van der Waals surface area contributed by atoms with E-state index in [1.54, 1.807) is 12.4 Å². The van der Waals surface area contributed by atoms with Crippen LogP contribution in [-0.2, 0) is 0 Å². The van der Waals surface area contributed by atoms with Gasteiger partial charge in [-0.25, -0.2) is 18.9 Å². The average molecular weight is 365 g/mol. The van der Waals surface area contributed by atoms with E-state index in [1.807, 2.05) is 0 Å². The minimum Gasteiger partial charge on any atom is -0.345 e. The SMILES string of the molecule is CC(Nc1ncc2c(-c3cc(F)c4ncnn4c3)c[nH]c2n1)C(F)(F)F. The molecule has 0 aromatic carbocycles. The number of fused-ring (bicyclic) bond motifs is 2.